The minimum absolute atomic E-state index is 0.0745. The van der Waals surface area contributed by atoms with E-state index in [1.807, 2.05) is 0 Å². The average molecular weight is 504 g/mol. The first-order valence-corrected chi connectivity index (χ1v) is 6.71. The average Bonchev–Trinajstić information content (AvgIpc) is 2.57. The molecule has 0 amide bonds. The highest BCUT2D eigenvalue weighted by atomic mass is 19.4. The van der Waals surface area contributed by atoms with E-state index < -0.39 is 60.2 Å². The number of halogens is 17. The molecule has 0 fully saturated rings. The zero-order valence-corrected chi connectivity index (χ0v) is 13.7. The van der Waals surface area contributed by atoms with Crippen molar-refractivity contribution in [1.29, 1.82) is 0 Å². The zero-order chi connectivity index (χ0) is 25.7. The van der Waals surface area contributed by atoms with Crippen molar-refractivity contribution in [2.24, 2.45) is 0 Å². The molecule has 0 bridgehead atoms. The van der Waals surface area contributed by atoms with Crippen molar-refractivity contribution < 1.29 is 84.2 Å². The highest BCUT2D eigenvalue weighted by Crippen LogP contribution is 2.63. The number of esters is 1. The van der Waals surface area contributed by atoms with Gasteiger partial charge in [-0.05, 0) is 0 Å². The number of carbonyl (C=O) groups excluding carboxylic acids is 1. The van der Waals surface area contributed by atoms with Gasteiger partial charge in [-0.1, -0.05) is 6.58 Å². The molecular formula is C12H5F17O2. The Bertz CT molecular complexity index is 690. The lowest BCUT2D eigenvalue weighted by Gasteiger charge is -2.42. The molecule has 2 nitrogen and oxygen atoms in total. The molecule has 0 saturated heterocycles. The Labute approximate surface area is 158 Å². The number of rotatable bonds is 9. The van der Waals surface area contributed by atoms with Gasteiger partial charge in [-0.15, -0.1) is 0 Å². The Balaban J connectivity index is 6.55. The molecule has 0 aliphatic heterocycles. The summed E-state index contributed by atoms with van der Waals surface area (Å²) in [5.74, 6) is -59.3. The van der Waals surface area contributed by atoms with Gasteiger partial charge in [-0.3, -0.25) is 0 Å². The van der Waals surface area contributed by atoms with E-state index >= 15 is 0 Å². The molecule has 0 unspecified atom stereocenters. The van der Waals surface area contributed by atoms with Crippen LogP contribution in [0, 0.1) is 0 Å². The maximum Gasteiger partial charge on any atom is 0.460 e. The van der Waals surface area contributed by atoms with Crippen molar-refractivity contribution in [2.75, 3.05) is 6.61 Å². The molecule has 0 heterocycles. The second-order valence-electron chi connectivity index (χ2n) is 5.46. The standard InChI is InChI=1S/C12H5F17O2/c1-2-4(30)31-3-5(13,14)6(15,16)7(17,18)8(19,20)9(21,22)10(23,24)11(25,26)12(27,28)29/h2H,1,3H2. The van der Waals surface area contributed by atoms with E-state index in [1.165, 1.54) is 0 Å². The summed E-state index contributed by atoms with van der Waals surface area (Å²) in [5.41, 5.74) is 0. The third-order valence-corrected chi connectivity index (χ3v) is 3.35. The first-order chi connectivity index (χ1) is 13.2. The van der Waals surface area contributed by atoms with E-state index in [0.29, 0.717) is 0 Å². The molecule has 0 rings (SSSR count). The first kappa shape index (κ1) is 29.0. The Hall–Kier alpha value is -1.98. The highest BCUT2D eigenvalue weighted by Gasteiger charge is 2.95. The second kappa shape index (κ2) is 7.56. The molecule has 0 N–H and O–H groups in total. The van der Waals surface area contributed by atoms with Crippen LogP contribution in [0.3, 0.4) is 0 Å². The summed E-state index contributed by atoms with van der Waals surface area (Å²) < 4.78 is 222. The molecule has 19 heteroatoms. The summed E-state index contributed by atoms with van der Waals surface area (Å²) in [5, 5.41) is 0. The summed E-state index contributed by atoms with van der Waals surface area (Å²) in [7, 11) is 0. The lowest BCUT2D eigenvalue weighted by molar-refractivity contribution is -0.462. The summed E-state index contributed by atoms with van der Waals surface area (Å²) in [4.78, 5) is 10.5. The van der Waals surface area contributed by atoms with Crippen LogP contribution in [0.2, 0.25) is 0 Å². The lowest BCUT2D eigenvalue weighted by Crippen LogP contribution is -2.74. The van der Waals surface area contributed by atoms with Crippen LogP contribution in [0.1, 0.15) is 0 Å². The molecule has 0 aliphatic rings. The highest BCUT2D eigenvalue weighted by molar-refractivity contribution is 5.81. The molecule has 0 aromatic carbocycles. The van der Waals surface area contributed by atoms with Crippen molar-refractivity contribution in [3.05, 3.63) is 12.7 Å². The van der Waals surface area contributed by atoms with E-state index in [2.05, 4.69) is 11.3 Å². The molecule has 0 saturated carbocycles. The number of carbonyl (C=O) groups is 1. The van der Waals surface area contributed by atoms with Gasteiger partial charge in [0.2, 0.25) is 0 Å². The van der Waals surface area contributed by atoms with Gasteiger partial charge in [0.15, 0.2) is 6.61 Å². The minimum atomic E-state index is -8.69. The summed E-state index contributed by atoms with van der Waals surface area (Å²) in [6.07, 6.45) is -7.88. The lowest BCUT2D eigenvalue weighted by atomic mass is 9.89. The van der Waals surface area contributed by atoms with Crippen LogP contribution in [-0.4, -0.2) is 60.2 Å². The Morgan fingerprint density at radius 1 is 0.581 bits per heavy atom. The van der Waals surface area contributed by atoms with Gasteiger partial charge in [0, 0.05) is 6.08 Å². The van der Waals surface area contributed by atoms with Gasteiger partial charge >= 0.3 is 53.6 Å². The smallest absolute Gasteiger partial charge is 0.456 e. The normalized spacial score (nSPS) is 15.6. The summed E-state index contributed by atoms with van der Waals surface area (Å²) in [6.45, 7) is -0.787. The summed E-state index contributed by atoms with van der Waals surface area (Å²) >= 11 is 0. The van der Waals surface area contributed by atoms with Crippen LogP contribution in [0.25, 0.3) is 0 Å². The van der Waals surface area contributed by atoms with Crippen LogP contribution in [0.15, 0.2) is 12.7 Å². The van der Waals surface area contributed by atoms with Gasteiger partial charge in [-0.2, -0.15) is 74.6 Å². The van der Waals surface area contributed by atoms with E-state index in [1.54, 1.807) is 0 Å². The number of alkyl halides is 17. The maximum atomic E-state index is 13.3. The zero-order valence-electron chi connectivity index (χ0n) is 13.7. The topological polar surface area (TPSA) is 26.3 Å². The number of hydrogen-bond acceptors (Lipinski definition) is 2. The molecule has 0 atom stereocenters. The fourth-order valence-corrected chi connectivity index (χ4v) is 1.51. The largest absolute Gasteiger partial charge is 0.460 e. The predicted molar refractivity (Wildman–Crippen MR) is 61.8 cm³/mol. The molecule has 0 aromatic rings. The van der Waals surface area contributed by atoms with Crippen LogP contribution < -0.4 is 0 Å². The first-order valence-electron chi connectivity index (χ1n) is 6.71. The molecule has 0 aliphatic carbocycles. The predicted octanol–water partition coefficient (Wildman–Crippen LogP) is 5.73. The van der Waals surface area contributed by atoms with E-state index in [9.17, 15) is 79.4 Å². The fraction of sp³-hybridized carbons (Fsp3) is 0.750. The van der Waals surface area contributed by atoms with Crippen LogP contribution in [-0.2, 0) is 9.53 Å². The quantitative estimate of drug-likeness (QED) is 0.228. The molecule has 0 spiro atoms. The van der Waals surface area contributed by atoms with Crippen molar-refractivity contribution in [1.82, 2.24) is 0 Å². The molecule has 0 radical (unpaired) electrons. The number of ether oxygens (including phenoxy) is 1. The van der Waals surface area contributed by atoms with Crippen molar-refractivity contribution in [3.8, 4) is 0 Å². The monoisotopic (exact) mass is 504 g/mol. The van der Waals surface area contributed by atoms with E-state index in [0.717, 1.165) is 0 Å². The van der Waals surface area contributed by atoms with Gasteiger partial charge in [0.1, 0.15) is 0 Å². The van der Waals surface area contributed by atoms with E-state index in [-0.39, 0.29) is 6.08 Å². The van der Waals surface area contributed by atoms with Gasteiger partial charge in [0.25, 0.3) is 0 Å². The SMILES string of the molecule is C=CC(=O)OCC(F)(F)C(F)(F)C(F)(F)C(F)(F)C(F)(F)C(F)(F)C(F)(F)C(F)(F)F. The third kappa shape index (κ3) is 3.98. The van der Waals surface area contributed by atoms with Gasteiger partial charge in [-0.25, -0.2) is 4.79 Å². The summed E-state index contributed by atoms with van der Waals surface area (Å²) in [6, 6.07) is 0. The van der Waals surface area contributed by atoms with Crippen molar-refractivity contribution in [3.63, 3.8) is 0 Å². The van der Waals surface area contributed by atoms with Crippen molar-refractivity contribution >= 4 is 5.97 Å². The number of hydrogen-bond donors (Lipinski definition) is 0. The molecule has 184 valence electrons. The molecule has 0 aromatic heterocycles. The van der Waals surface area contributed by atoms with Gasteiger partial charge in [0.05, 0.1) is 0 Å². The fourth-order valence-electron chi connectivity index (χ4n) is 1.51. The second-order valence-corrected chi connectivity index (χ2v) is 5.46. The van der Waals surface area contributed by atoms with Crippen LogP contribution in [0.5, 0.6) is 0 Å². The maximum absolute atomic E-state index is 13.3. The van der Waals surface area contributed by atoms with Crippen molar-refractivity contribution in [2.45, 2.75) is 47.6 Å². The molecular weight excluding hydrogens is 499 g/mol. The third-order valence-electron chi connectivity index (χ3n) is 3.35. The minimum Gasteiger partial charge on any atom is -0.456 e. The van der Waals surface area contributed by atoms with Crippen LogP contribution >= 0.6 is 0 Å². The van der Waals surface area contributed by atoms with Gasteiger partial charge < -0.3 is 4.74 Å². The Morgan fingerprint density at radius 2 is 0.871 bits per heavy atom. The molecule has 31 heavy (non-hydrogen) atoms. The van der Waals surface area contributed by atoms with E-state index in [4.69, 9.17) is 0 Å². The Morgan fingerprint density at radius 3 is 1.16 bits per heavy atom. The van der Waals surface area contributed by atoms with Crippen LogP contribution in [0.4, 0.5) is 74.6 Å². The Kier molecular flexibility index (Phi) is 7.08.